The number of alkyl halides is 3. The van der Waals surface area contributed by atoms with Crippen LogP contribution in [-0.4, -0.2) is 12.7 Å². The molecule has 4 nitrogen and oxygen atoms in total. The highest BCUT2D eigenvalue weighted by molar-refractivity contribution is 7.89. The van der Waals surface area contributed by atoms with Crippen LogP contribution in [0.5, 0.6) is 0 Å². The first-order valence-electron chi connectivity index (χ1n) is 8.57. The van der Waals surface area contributed by atoms with E-state index in [-0.39, 0.29) is 17.9 Å². The van der Waals surface area contributed by atoms with Gasteiger partial charge in [-0.1, -0.05) is 30.3 Å². The zero-order valence-electron chi connectivity index (χ0n) is 15.2. The number of nitrogens with zero attached hydrogens (tertiary/aromatic N) is 1. The van der Waals surface area contributed by atoms with Crippen molar-refractivity contribution in [2.75, 3.05) is 0 Å². The van der Waals surface area contributed by atoms with Gasteiger partial charge in [0.2, 0.25) is 10.0 Å². The van der Waals surface area contributed by atoms with Crippen molar-refractivity contribution in [3.8, 4) is 0 Å². The van der Waals surface area contributed by atoms with Crippen molar-refractivity contribution in [2.45, 2.75) is 30.6 Å². The van der Waals surface area contributed by atoms with Gasteiger partial charge in [0.05, 0.1) is 18.4 Å². The van der Waals surface area contributed by atoms with Gasteiger partial charge >= 0.3 is 6.18 Å². The summed E-state index contributed by atoms with van der Waals surface area (Å²) in [6.07, 6.45) is -3.36. The normalized spacial score (nSPS) is 13.6. The van der Waals surface area contributed by atoms with Crippen LogP contribution in [0.3, 0.4) is 0 Å². The Balaban J connectivity index is 2.14. The molecule has 0 fully saturated rings. The summed E-state index contributed by atoms with van der Waals surface area (Å²) in [7, 11) is -4.49. The molecule has 1 atom stereocenters. The van der Waals surface area contributed by atoms with Crippen molar-refractivity contribution in [3.63, 3.8) is 0 Å². The van der Waals surface area contributed by atoms with Crippen molar-refractivity contribution < 1.29 is 30.4 Å². The minimum Gasteiger partial charge on any atom is -0.468 e. The number of hydrogen-bond acceptors (Lipinski definition) is 3. The number of hydrogen-bond donors (Lipinski definition) is 0. The summed E-state index contributed by atoms with van der Waals surface area (Å²) in [6, 6.07) is 11.2. The van der Waals surface area contributed by atoms with Crippen LogP contribution in [0, 0.1) is 5.82 Å². The van der Waals surface area contributed by atoms with Crippen LogP contribution in [0.2, 0.25) is 0 Å². The molecule has 0 saturated carbocycles. The van der Waals surface area contributed by atoms with Crippen molar-refractivity contribution in [3.05, 3.63) is 89.6 Å². The lowest BCUT2D eigenvalue weighted by molar-refractivity contribution is -0.138. The zero-order chi connectivity index (χ0) is 21.2. The van der Waals surface area contributed by atoms with E-state index in [1.54, 1.807) is 0 Å². The number of furan rings is 1. The van der Waals surface area contributed by atoms with E-state index in [2.05, 4.69) is 0 Å². The Labute approximate surface area is 165 Å². The fraction of sp³-hybridized carbons (Fsp3) is 0.200. The maximum Gasteiger partial charge on any atom is 0.416 e. The molecule has 0 radical (unpaired) electrons. The third kappa shape index (κ3) is 4.35. The fourth-order valence-corrected chi connectivity index (χ4v) is 4.69. The largest absolute Gasteiger partial charge is 0.468 e. The average Bonchev–Trinajstić information content (AvgIpc) is 3.18. The SMILES string of the molecule is CC(c1ccccc1C(F)(F)F)N(Cc1ccco1)S(=O)(=O)c1ccccc1F. The second-order valence-corrected chi connectivity index (χ2v) is 8.18. The molecule has 0 N–H and O–H groups in total. The highest BCUT2D eigenvalue weighted by atomic mass is 32.2. The Bertz CT molecular complexity index is 1080. The van der Waals surface area contributed by atoms with E-state index in [0.717, 1.165) is 22.5 Å². The zero-order valence-corrected chi connectivity index (χ0v) is 16.0. The summed E-state index contributed by atoms with van der Waals surface area (Å²) < 4.78 is 87.1. The summed E-state index contributed by atoms with van der Waals surface area (Å²) in [5, 5.41) is 0. The van der Waals surface area contributed by atoms with Gasteiger partial charge in [0.25, 0.3) is 0 Å². The molecule has 0 spiro atoms. The van der Waals surface area contributed by atoms with Gasteiger partial charge in [-0.15, -0.1) is 0 Å². The van der Waals surface area contributed by atoms with Gasteiger partial charge < -0.3 is 4.42 Å². The quantitative estimate of drug-likeness (QED) is 0.496. The second kappa shape index (κ2) is 8.00. The van der Waals surface area contributed by atoms with Gasteiger partial charge in [-0.2, -0.15) is 17.5 Å². The molecule has 1 unspecified atom stereocenters. The number of sulfonamides is 1. The van der Waals surface area contributed by atoms with Crippen LogP contribution in [0.1, 0.15) is 29.9 Å². The van der Waals surface area contributed by atoms with Gasteiger partial charge in [-0.25, -0.2) is 12.8 Å². The predicted molar refractivity (Wildman–Crippen MR) is 97.7 cm³/mol. The lowest BCUT2D eigenvalue weighted by atomic mass is 10.0. The molecule has 9 heteroatoms. The van der Waals surface area contributed by atoms with Crippen LogP contribution in [0.4, 0.5) is 17.6 Å². The fourth-order valence-electron chi connectivity index (χ4n) is 3.04. The Hall–Kier alpha value is -2.65. The lowest BCUT2D eigenvalue weighted by Crippen LogP contribution is -2.34. The molecular formula is C20H17F4NO3S. The molecule has 1 heterocycles. The topological polar surface area (TPSA) is 50.5 Å². The molecule has 0 amide bonds. The van der Waals surface area contributed by atoms with E-state index < -0.39 is 38.5 Å². The van der Waals surface area contributed by atoms with Crippen LogP contribution in [0.15, 0.2) is 76.2 Å². The van der Waals surface area contributed by atoms with Crippen LogP contribution in [-0.2, 0) is 22.7 Å². The summed E-state index contributed by atoms with van der Waals surface area (Å²) in [5.74, 6) is -0.783. The predicted octanol–water partition coefficient (Wildman–Crippen LogP) is 5.39. The summed E-state index contributed by atoms with van der Waals surface area (Å²) >= 11 is 0. The minimum atomic E-state index is -4.68. The monoisotopic (exact) mass is 427 g/mol. The molecule has 0 aliphatic carbocycles. The first-order chi connectivity index (χ1) is 13.6. The third-order valence-corrected chi connectivity index (χ3v) is 6.41. The summed E-state index contributed by atoms with van der Waals surface area (Å²) in [5.41, 5.74) is -1.20. The van der Waals surface area contributed by atoms with Crippen LogP contribution < -0.4 is 0 Å². The molecule has 1 aromatic heterocycles. The Morgan fingerprint density at radius 1 is 1.00 bits per heavy atom. The molecule has 3 aromatic rings. The first kappa shape index (κ1) is 21.1. The molecule has 154 valence electrons. The highest BCUT2D eigenvalue weighted by Gasteiger charge is 2.39. The minimum absolute atomic E-state index is 0.209. The molecule has 3 rings (SSSR count). The Morgan fingerprint density at radius 3 is 2.28 bits per heavy atom. The molecule has 0 bridgehead atoms. The Kier molecular flexibility index (Phi) is 5.81. The van der Waals surface area contributed by atoms with Gasteiger partial charge in [0.1, 0.15) is 16.5 Å². The van der Waals surface area contributed by atoms with E-state index in [9.17, 15) is 26.0 Å². The van der Waals surface area contributed by atoms with E-state index >= 15 is 0 Å². The van der Waals surface area contributed by atoms with E-state index in [0.29, 0.717) is 0 Å². The van der Waals surface area contributed by atoms with Gasteiger partial charge in [-0.05, 0) is 42.8 Å². The molecule has 0 saturated heterocycles. The van der Waals surface area contributed by atoms with E-state index in [1.165, 1.54) is 55.7 Å². The highest BCUT2D eigenvalue weighted by Crippen LogP contribution is 2.38. The maximum atomic E-state index is 14.2. The number of rotatable bonds is 6. The molecule has 29 heavy (non-hydrogen) atoms. The smallest absolute Gasteiger partial charge is 0.416 e. The van der Waals surface area contributed by atoms with Crippen molar-refractivity contribution in [1.29, 1.82) is 0 Å². The average molecular weight is 427 g/mol. The number of halogens is 4. The second-order valence-electron chi connectivity index (χ2n) is 6.32. The van der Waals surface area contributed by atoms with Crippen molar-refractivity contribution in [1.82, 2.24) is 4.31 Å². The summed E-state index contributed by atoms with van der Waals surface area (Å²) in [4.78, 5) is -0.622. The lowest BCUT2D eigenvalue weighted by Gasteiger charge is -2.29. The van der Waals surface area contributed by atoms with Gasteiger partial charge in [0, 0.05) is 6.04 Å². The van der Waals surface area contributed by atoms with E-state index in [4.69, 9.17) is 4.42 Å². The maximum absolute atomic E-state index is 14.2. The van der Waals surface area contributed by atoms with E-state index in [1.807, 2.05) is 0 Å². The molecule has 2 aromatic carbocycles. The van der Waals surface area contributed by atoms with Crippen LogP contribution in [0.25, 0.3) is 0 Å². The standard InChI is InChI=1S/C20H17F4NO3S/c1-14(16-8-2-3-9-17(16)20(22,23)24)25(13-15-7-6-12-28-15)29(26,27)19-11-5-4-10-18(19)21/h2-12,14H,13H2,1H3. The Morgan fingerprint density at radius 2 is 1.66 bits per heavy atom. The van der Waals surface area contributed by atoms with Crippen molar-refractivity contribution in [2.24, 2.45) is 0 Å². The molecule has 0 aliphatic heterocycles. The molecule has 0 aliphatic rings. The van der Waals surface area contributed by atoms with Crippen LogP contribution >= 0.6 is 0 Å². The van der Waals surface area contributed by atoms with Gasteiger partial charge in [0.15, 0.2) is 0 Å². The van der Waals surface area contributed by atoms with Crippen molar-refractivity contribution >= 4 is 10.0 Å². The van der Waals surface area contributed by atoms with Gasteiger partial charge in [-0.3, -0.25) is 0 Å². The summed E-state index contributed by atoms with van der Waals surface area (Å²) in [6.45, 7) is 0.961. The third-order valence-electron chi connectivity index (χ3n) is 4.46. The first-order valence-corrected chi connectivity index (χ1v) is 10.0. The number of benzene rings is 2. The molecular weight excluding hydrogens is 410 g/mol.